The molecule has 1 N–H and O–H groups in total. The van der Waals surface area contributed by atoms with Gasteiger partial charge in [-0.1, -0.05) is 25.9 Å². The van der Waals surface area contributed by atoms with Crippen LogP contribution in [0.1, 0.15) is 26.3 Å². The van der Waals surface area contributed by atoms with E-state index in [4.69, 9.17) is 9.94 Å². The summed E-state index contributed by atoms with van der Waals surface area (Å²) in [5, 5.41) is 11.8. The quantitative estimate of drug-likeness (QED) is 0.394. The third-order valence-electron chi connectivity index (χ3n) is 1.90. The standard InChI is InChI=1S/C12H16BrNO2S/c1-12(2,3)17-11-6-10(16-4)9(13)5-8(11)7-14-15/h5-7,15H,1-4H3. The first-order chi connectivity index (χ1) is 7.87. The normalized spacial score (nSPS) is 12.1. The van der Waals surface area contributed by atoms with Gasteiger partial charge in [0.05, 0.1) is 17.8 Å². The average Bonchev–Trinajstić information content (AvgIpc) is 2.20. The number of rotatable bonds is 3. The van der Waals surface area contributed by atoms with E-state index in [1.54, 1.807) is 18.9 Å². The van der Waals surface area contributed by atoms with Crippen LogP contribution in [0.15, 0.2) is 26.7 Å². The molecule has 0 aliphatic heterocycles. The molecule has 0 heterocycles. The van der Waals surface area contributed by atoms with Gasteiger partial charge in [0, 0.05) is 15.2 Å². The lowest BCUT2D eigenvalue weighted by Crippen LogP contribution is -2.07. The summed E-state index contributed by atoms with van der Waals surface area (Å²) in [6, 6.07) is 3.82. The van der Waals surface area contributed by atoms with Crippen molar-refractivity contribution in [2.45, 2.75) is 30.4 Å². The molecule has 0 saturated heterocycles. The average molecular weight is 318 g/mol. The van der Waals surface area contributed by atoms with Crippen LogP contribution in [-0.2, 0) is 0 Å². The molecule has 0 amide bonds. The number of benzene rings is 1. The summed E-state index contributed by atoms with van der Waals surface area (Å²) >= 11 is 5.12. The molecule has 0 atom stereocenters. The van der Waals surface area contributed by atoms with E-state index in [0.29, 0.717) is 0 Å². The first-order valence-electron chi connectivity index (χ1n) is 5.11. The number of hydrogen-bond donors (Lipinski definition) is 1. The minimum Gasteiger partial charge on any atom is -0.496 e. The Bertz CT molecular complexity index is 427. The number of halogens is 1. The maximum Gasteiger partial charge on any atom is 0.134 e. The summed E-state index contributed by atoms with van der Waals surface area (Å²) in [5.74, 6) is 0.770. The molecule has 0 fully saturated rings. The first-order valence-corrected chi connectivity index (χ1v) is 6.72. The van der Waals surface area contributed by atoms with Gasteiger partial charge in [0.1, 0.15) is 5.75 Å². The zero-order chi connectivity index (χ0) is 13.1. The molecule has 94 valence electrons. The smallest absolute Gasteiger partial charge is 0.134 e. The summed E-state index contributed by atoms with van der Waals surface area (Å²) in [5.41, 5.74) is 0.861. The Hall–Kier alpha value is -0.680. The number of oxime groups is 1. The fraction of sp³-hybridized carbons (Fsp3) is 0.417. The van der Waals surface area contributed by atoms with Crippen LogP contribution in [-0.4, -0.2) is 23.3 Å². The number of nitrogens with zero attached hydrogens (tertiary/aromatic N) is 1. The highest BCUT2D eigenvalue weighted by molar-refractivity contribution is 9.10. The highest BCUT2D eigenvalue weighted by atomic mass is 79.9. The first kappa shape index (κ1) is 14.4. The van der Waals surface area contributed by atoms with Crippen LogP contribution in [0.3, 0.4) is 0 Å². The Labute approximate surface area is 114 Å². The van der Waals surface area contributed by atoms with E-state index >= 15 is 0 Å². The molecule has 0 aliphatic carbocycles. The molecule has 3 nitrogen and oxygen atoms in total. The van der Waals surface area contributed by atoms with Crippen LogP contribution in [0.2, 0.25) is 0 Å². The van der Waals surface area contributed by atoms with E-state index in [0.717, 1.165) is 20.7 Å². The van der Waals surface area contributed by atoms with Crippen LogP contribution in [0, 0.1) is 0 Å². The Morgan fingerprint density at radius 2 is 2.06 bits per heavy atom. The molecule has 17 heavy (non-hydrogen) atoms. The maximum absolute atomic E-state index is 8.67. The predicted octanol–water partition coefficient (Wildman–Crippen LogP) is 4.16. The molecule has 5 heteroatoms. The predicted molar refractivity (Wildman–Crippen MR) is 75.7 cm³/mol. The maximum atomic E-state index is 8.67. The summed E-state index contributed by atoms with van der Waals surface area (Å²) in [6.45, 7) is 6.39. The number of ether oxygens (including phenoxy) is 1. The highest BCUT2D eigenvalue weighted by Gasteiger charge is 2.16. The lowest BCUT2D eigenvalue weighted by Gasteiger charge is -2.19. The van der Waals surface area contributed by atoms with Gasteiger partial charge in [0.2, 0.25) is 0 Å². The van der Waals surface area contributed by atoms with E-state index in [-0.39, 0.29) is 4.75 Å². The van der Waals surface area contributed by atoms with Crippen molar-refractivity contribution in [3.63, 3.8) is 0 Å². The van der Waals surface area contributed by atoms with Gasteiger partial charge in [-0.2, -0.15) is 0 Å². The molecule has 0 aliphatic rings. The van der Waals surface area contributed by atoms with Gasteiger partial charge in [0.15, 0.2) is 0 Å². The van der Waals surface area contributed by atoms with Gasteiger partial charge in [-0.15, -0.1) is 11.8 Å². The van der Waals surface area contributed by atoms with Crippen LogP contribution in [0.25, 0.3) is 0 Å². The van der Waals surface area contributed by atoms with Gasteiger partial charge >= 0.3 is 0 Å². The van der Waals surface area contributed by atoms with Gasteiger partial charge in [-0.25, -0.2) is 0 Å². The Morgan fingerprint density at radius 1 is 1.41 bits per heavy atom. The van der Waals surface area contributed by atoms with Crippen molar-refractivity contribution in [1.29, 1.82) is 0 Å². The monoisotopic (exact) mass is 317 g/mol. The van der Waals surface area contributed by atoms with Gasteiger partial charge in [-0.3, -0.25) is 0 Å². The Morgan fingerprint density at radius 3 is 2.53 bits per heavy atom. The minimum absolute atomic E-state index is 0.0802. The zero-order valence-electron chi connectivity index (χ0n) is 10.3. The fourth-order valence-corrected chi connectivity index (χ4v) is 2.87. The molecule has 0 aromatic heterocycles. The molecule has 0 saturated carbocycles. The second-order valence-electron chi connectivity index (χ2n) is 4.48. The zero-order valence-corrected chi connectivity index (χ0v) is 12.7. The van der Waals surface area contributed by atoms with Crippen molar-refractivity contribution in [3.8, 4) is 5.75 Å². The third-order valence-corrected chi connectivity index (χ3v) is 3.70. The van der Waals surface area contributed by atoms with Gasteiger partial charge in [-0.05, 0) is 28.1 Å². The largest absolute Gasteiger partial charge is 0.496 e. The Kier molecular flexibility index (Phi) is 4.89. The van der Waals surface area contributed by atoms with E-state index in [1.807, 2.05) is 12.1 Å². The van der Waals surface area contributed by atoms with Gasteiger partial charge < -0.3 is 9.94 Å². The summed E-state index contributed by atoms with van der Waals surface area (Å²) in [6.07, 6.45) is 1.43. The van der Waals surface area contributed by atoms with E-state index in [2.05, 4.69) is 41.9 Å². The molecule has 1 aromatic rings. The second-order valence-corrected chi connectivity index (χ2v) is 7.21. The van der Waals surface area contributed by atoms with E-state index in [1.165, 1.54) is 6.21 Å². The van der Waals surface area contributed by atoms with Crippen LogP contribution in [0.4, 0.5) is 0 Å². The van der Waals surface area contributed by atoms with Gasteiger partial charge in [0.25, 0.3) is 0 Å². The van der Waals surface area contributed by atoms with E-state index < -0.39 is 0 Å². The van der Waals surface area contributed by atoms with Crippen LogP contribution >= 0.6 is 27.7 Å². The molecule has 0 radical (unpaired) electrons. The molecule has 1 rings (SSSR count). The molecule has 0 bridgehead atoms. The van der Waals surface area contributed by atoms with Crippen LogP contribution in [0.5, 0.6) is 5.75 Å². The van der Waals surface area contributed by atoms with E-state index in [9.17, 15) is 0 Å². The summed E-state index contributed by atoms with van der Waals surface area (Å²) < 4.78 is 6.19. The molecular formula is C12H16BrNO2S. The van der Waals surface area contributed by atoms with Crippen molar-refractivity contribution in [1.82, 2.24) is 0 Å². The van der Waals surface area contributed by atoms with Crippen molar-refractivity contribution in [2.24, 2.45) is 5.16 Å². The van der Waals surface area contributed by atoms with Crippen molar-refractivity contribution in [3.05, 3.63) is 22.2 Å². The van der Waals surface area contributed by atoms with Crippen molar-refractivity contribution < 1.29 is 9.94 Å². The molecule has 0 spiro atoms. The summed E-state index contributed by atoms with van der Waals surface area (Å²) in [4.78, 5) is 1.02. The number of methoxy groups -OCH3 is 1. The van der Waals surface area contributed by atoms with Crippen LogP contribution < -0.4 is 4.74 Å². The number of hydrogen-bond acceptors (Lipinski definition) is 4. The Balaban J connectivity index is 3.23. The lowest BCUT2D eigenvalue weighted by molar-refractivity contribution is 0.321. The third kappa shape index (κ3) is 4.24. The molecular weight excluding hydrogens is 302 g/mol. The number of thioether (sulfide) groups is 1. The SMILES string of the molecule is COc1cc(SC(C)(C)C)c(C=NO)cc1Br. The lowest BCUT2D eigenvalue weighted by atomic mass is 10.2. The summed E-state index contributed by atoms with van der Waals surface area (Å²) in [7, 11) is 1.63. The molecule has 1 aromatic carbocycles. The topological polar surface area (TPSA) is 41.8 Å². The molecule has 0 unspecified atom stereocenters. The second kappa shape index (κ2) is 5.78. The minimum atomic E-state index is 0.0802. The van der Waals surface area contributed by atoms with Crippen molar-refractivity contribution >= 4 is 33.9 Å². The highest BCUT2D eigenvalue weighted by Crippen LogP contribution is 2.38. The van der Waals surface area contributed by atoms with Crippen molar-refractivity contribution in [2.75, 3.05) is 7.11 Å². The fourth-order valence-electron chi connectivity index (χ4n) is 1.29.